The number of rotatable bonds is 2. The Hall–Kier alpha value is -0.383. The van der Waals surface area contributed by atoms with Gasteiger partial charge in [-0.05, 0) is 42.6 Å². The van der Waals surface area contributed by atoms with Crippen molar-refractivity contribution in [3.63, 3.8) is 0 Å². The van der Waals surface area contributed by atoms with E-state index in [0.29, 0.717) is 12.8 Å². The molecule has 1 fully saturated rings. The molecular weight excluding hydrogens is 240 g/mol. The maximum Gasteiger partial charge on any atom is 0.192 e. The molecule has 0 heterocycles. The van der Waals surface area contributed by atoms with Gasteiger partial charge in [0.25, 0.3) is 0 Å². The van der Waals surface area contributed by atoms with E-state index in [4.69, 9.17) is 4.43 Å². The lowest BCUT2D eigenvalue weighted by atomic mass is 9.86. The maximum atomic E-state index is 9.95. The van der Waals surface area contributed by atoms with Crippen molar-refractivity contribution in [2.75, 3.05) is 0 Å². The molecule has 0 unspecified atom stereocenters. The molecule has 0 aromatic heterocycles. The van der Waals surface area contributed by atoms with Crippen molar-refractivity contribution in [1.82, 2.24) is 0 Å². The zero-order valence-corrected chi connectivity index (χ0v) is 13.7. The molecule has 1 rings (SSSR count). The lowest BCUT2D eigenvalue weighted by molar-refractivity contribution is 0.0907. The summed E-state index contributed by atoms with van der Waals surface area (Å²) in [6.07, 6.45) is 3.14. The van der Waals surface area contributed by atoms with Gasteiger partial charge in [-0.3, -0.25) is 0 Å². The molecule has 0 aromatic carbocycles. The van der Waals surface area contributed by atoms with Crippen LogP contribution in [0.1, 0.15) is 40.5 Å². The van der Waals surface area contributed by atoms with E-state index in [9.17, 15) is 5.11 Å². The monoisotopic (exact) mass is 268 g/mol. The van der Waals surface area contributed by atoms with Gasteiger partial charge in [-0.25, -0.2) is 0 Å². The minimum atomic E-state index is -1.81. The topological polar surface area (TPSA) is 29.5 Å². The molecule has 1 aliphatic carbocycles. The Morgan fingerprint density at radius 1 is 1.39 bits per heavy atom. The van der Waals surface area contributed by atoms with Crippen molar-refractivity contribution in [3.8, 4) is 0 Å². The van der Waals surface area contributed by atoms with Gasteiger partial charge in [0.2, 0.25) is 0 Å². The van der Waals surface area contributed by atoms with E-state index in [-0.39, 0.29) is 17.2 Å². The van der Waals surface area contributed by atoms with Crippen LogP contribution in [0, 0.1) is 0 Å². The van der Waals surface area contributed by atoms with Gasteiger partial charge in [-0.1, -0.05) is 33.4 Å². The standard InChI is InChI=1S/C15H28O2Si/c1-8-12-9-13(16)10-14(11(12)2)17-18(6,7)15(3,4)5/h8,13-14,16H,2,9-10H2,1,3-7H3/b12-8-/t13-,14+/m1/s1. The molecule has 0 saturated heterocycles. The Balaban J connectivity index is 2.87. The first-order valence-corrected chi connectivity index (χ1v) is 9.69. The van der Waals surface area contributed by atoms with E-state index in [0.717, 1.165) is 11.1 Å². The first-order valence-electron chi connectivity index (χ1n) is 6.78. The Morgan fingerprint density at radius 3 is 2.39 bits per heavy atom. The summed E-state index contributed by atoms with van der Waals surface area (Å²) in [4.78, 5) is 0. The summed E-state index contributed by atoms with van der Waals surface area (Å²) < 4.78 is 6.40. The van der Waals surface area contributed by atoms with Crippen LogP contribution in [0.2, 0.25) is 18.1 Å². The van der Waals surface area contributed by atoms with E-state index < -0.39 is 8.32 Å². The highest BCUT2D eigenvalue weighted by Gasteiger charge is 2.41. The SMILES string of the molecule is C=C1/C(=C\C)C[C@@H](O)C[C@@H]1O[Si](C)(C)C(C)(C)C. The van der Waals surface area contributed by atoms with Crippen molar-refractivity contribution < 1.29 is 9.53 Å². The smallest absolute Gasteiger partial charge is 0.192 e. The summed E-state index contributed by atoms with van der Waals surface area (Å²) >= 11 is 0. The van der Waals surface area contributed by atoms with Crippen LogP contribution in [-0.4, -0.2) is 25.6 Å². The summed E-state index contributed by atoms with van der Waals surface area (Å²) in [5.41, 5.74) is 2.21. The van der Waals surface area contributed by atoms with Crippen LogP contribution in [-0.2, 0) is 4.43 Å². The molecule has 0 aromatic rings. The molecule has 1 saturated carbocycles. The fourth-order valence-corrected chi connectivity index (χ4v) is 3.32. The zero-order chi connectivity index (χ0) is 14.1. The van der Waals surface area contributed by atoms with Gasteiger partial charge in [0.1, 0.15) is 0 Å². The van der Waals surface area contributed by atoms with Gasteiger partial charge in [-0.2, -0.15) is 0 Å². The molecule has 1 aliphatic rings. The van der Waals surface area contributed by atoms with Gasteiger partial charge in [0, 0.05) is 6.42 Å². The first-order chi connectivity index (χ1) is 8.08. The summed E-state index contributed by atoms with van der Waals surface area (Å²) in [7, 11) is -1.81. The molecule has 2 atom stereocenters. The van der Waals surface area contributed by atoms with Crippen LogP contribution in [0.15, 0.2) is 23.8 Å². The van der Waals surface area contributed by atoms with Gasteiger partial charge in [0.05, 0.1) is 12.2 Å². The maximum absolute atomic E-state index is 9.95. The lowest BCUT2D eigenvalue weighted by Gasteiger charge is -2.42. The second-order valence-electron chi connectivity index (χ2n) is 6.80. The van der Waals surface area contributed by atoms with Crippen molar-refractivity contribution in [2.45, 2.75) is 70.9 Å². The second-order valence-corrected chi connectivity index (χ2v) is 11.6. The van der Waals surface area contributed by atoms with E-state index in [1.54, 1.807) is 0 Å². The third-order valence-corrected chi connectivity index (χ3v) is 8.82. The largest absolute Gasteiger partial charge is 0.410 e. The number of hydrogen-bond donors (Lipinski definition) is 1. The predicted molar refractivity (Wildman–Crippen MR) is 80.2 cm³/mol. The fraction of sp³-hybridized carbons (Fsp3) is 0.733. The first kappa shape index (κ1) is 15.7. The van der Waals surface area contributed by atoms with Crippen molar-refractivity contribution in [1.29, 1.82) is 0 Å². The van der Waals surface area contributed by atoms with E-state index in [1.807, 2.05) is 13.0 Å². The van der Waals surface area contributed by atoms with Crippen LogP contribution >= 0.6 is 0 Å². The average Bonchev–Trinajstić information content (AvgIpc) is 2.20. The highest BCUT2D eigenvalue weighted by Crippen LogP contribution is 2.40. The predicted octanol–water partition coefficient (Wildman–Crippen LogP) is 4.03. The minimum Gasteiger partial charge on any atom is -0.410 e. The van der Waals surface area contributed by atoms with Gasteiger partial charge < -0.3 is 9.53 Å². The van der Waals surface area contributed by atoms with E-state index >= 15 is 0 Å². The normalized spacial score (nSPS) is 28.8. The Kier molecular flexibility index (Phi) is 4.63. The number of aliphatic hydroxyl groups is 1. The van der Waals surface area contributed by atoms with E-state index in [2.05, 4.69) is 40.4 Å². The summed E-state index contributed by atoms with van der Waals surface area (Å²) in [6.45, 7) is 17.4. The van der Waals surface area contributed by atoms with Crippen LogP contribution in [0.25, 0.3) is 0 Å². The lowest BCUT2D eigenvalue weighted by Crippen LogP contribution is -2.46. The average molecular weight is 268 g/mol. The third kappa shape index (κ3) is 3.34. The summed E-state index contributed by atoms with van der Waals surface area (Å²) in [6, 6.07) is 0. The Morgan fingerprint density at radius 2 is 1.94 bits per heavy atom. The molecule has 18 heavy (non-hydrogen) atoms. The minimum absolute atomic E-state index is 0.0131. The van der Waals surface area contributed by atoms with Crippen LogP contribution in [0.4, 0.5) is 0 Å². The highest BCUT2D eigenvalue weighted by molar-refractivity contribution is 6.74. The number of aliphatic hydroxyl groups excluding tert-OH is 1. The summed E-state index contributed by atoms with van der Waals surface area (Å²) in [5, 5.41) is 10.1. The van der Waals surface area contributed by atoms with Gasteiger partial charge in [-0.15, -0.1) is 0 Å². The van der Waals surface area contributed by atoms with Crippen molar-refractivity contribution in [2.24, 2.45) is 0 Å². The van der Waals surface area contributed by atoms with Crippen molar-refractivity contribution >= 4 is 8.32 Å². The molecule has 0 bridgehead atoms. The van der Waals surface area contributed by atoms with Gasteiger partial charge >= 0.3 is 0 Å². The molecule has 0 amide bonds. The molecule has 1 N–H and O–H groups in total. The highest BCUT2D eigenvalue weighted by atomic mass is 28.4. The number of hydrogen-bond acceptors (Lipinski definition) is 2. The Bertz CT molecular complexity index is 350. The molecular formula is C15H28O2Si. The Labute approximate surface area is 113 Å². The molecule has 0 radical (unpaired) electrons. The third-order valence-electron chi connectivity index (χ3n) is 4.33. The molecule has 2 nitrogen and oxygen atoms in total. The second kappa shape index (κ2) is 5.31. The van der Waals surface area contributed by atoms with E-state index in [1.165, 1.54) is 0 Å². The molecule has 104 valence electrons. The molecule has 3 heteroatoms. The summed E-state index contributed by atoms with van der Waals surface area (Å²) in [5.74, 6) is 0. The molecule has 0 aliphatic heterocycles. The zero-order valence-electron chi connectivity index (χ0n) is 12.7. The molecule has 0 spiro atoms. The van der Waals surface area contributed by atoms with Crippen LogP contribution in [0.3, 0.4) is 0 Å². The van der Waals surface area contributed by atoms with Crippen LogP contribution in [0.5, 0.6) is 0 Å². The quantitative estimate of drug-likeness (QED) is 0.766. The van der Waals surface area contributed by atoms with Gasteiger partial charge in [0.15, 0.2) is 8.32 Å². The van der Waals surface area contributed by atoms with Crippen LogP contribution < -0.4 is 0 Å². The number of allylic oxidation sites excluding steroid dienone is 1. The van der Waals surface area contributed by atoms with Crippen molar-refractivity contribution in [3.05, 3.63) is 23.8 Å². The fourth-order valence-electron chi connectivity index (χ4n) is 2.02.